The fraction of sp³-hybridized carbons (Fsp3) is 0.538. The van der Waals surface area contributed by atoms with E-state index in [9.17, 15) is 4.79 Å². The highest BCUT2D eigenvalue weighted by atomic mass is 35.5. The van der Waals surface area contributed by atoms with Crippen molar-refractivity contribution in [3.8, 4) is 0 Å². The molecule has 0 radical (unpaired) electrons. The van der Waals surface area contributed by atoms with Crippen LogP contribution < -0.4 is 5.32 Å². The van der Waals surface area contributed by atoms with Gasteiger partial charge in [0.2, 0.25) is 0 Å². The largest absolute Gasteiger partial charge is 0.341 e. The van der Waals surface area contributed by atoms with Crippen molar-refractivity contribution in [1.82, 2.24) is 29.9 Å². The molecule has 0 aliphatic rings. The number of hydrogen-bond acceptors (Lipinski definition) is 4. The van der Waals surface area contributed by atoms with E-state index in [0.29, 0.717) is 29.4 Å². The molecule has 1 N–H and O–H groups in total. The lowest BCUT2D eigenvalue weighted by Crippen LogP contribution is -2.31. The van der Waals surface area contributed by atoms with E-state index in [1.165, 1.54) is 11.0 Å². The minimum absolute atomic E-state index is 0.216. The van der Waals surface area contributed by atoms with Crippen molar-refractivity contribution in [2.75, 3.05) is 0 Å². The molecule has 2 aromatic heterocycles. The summed E-state index contributed by atoms with van der Waals surface area (Å²) in [5, 5.41) is 11.6. The summed E-state index contributed by atoms with van der Waals surface area (Å²) in [4.78, 5) is 16.7. The Bertz CT molecular complexity index is 647. The van der Waals surface area contributed by atoms with Crippen LogP contribution in [0.5, 0.6) is 0 Å². The van der Waals surface area contributed by atoms with E-state index < -0.39 is 0 Å². The van der Waals surface area contributed by atoms with Gasteiger partial charge in [0, 0.05) is 13.6 Å². The summed E-state index contributed by atoms with van der Waals surface area (Å²) < 4.78 is 3.26. The number of aromatic nitrogens is 5. The van der Waals surface area contributed by atoms with E-state index in [4.69, 9.17) is 11.6 Å². The standard InChI is InChI=1S/C13H19ClN6O/c1-5-9(12-15-7-16-20(12)6-2)17-13(21)11-10(14)8(3)18-19(11)4/h7,9H,5-6H2,1-4H3,(H,17,21)/t9-/m1/s1. The number of carbonyl (C=O) groups is 1. The molecular weight excluding hydrogens is 292 g/mol. The Labute approximate surface area is 128 Å². The first-order chi connectivity index (χ1) is 9.99. The lowest BCUT2D eigenvalue weighted by atomic mass is 10.2. The smallest absolute Gasteiger partial charge is 0.271 e. The van der Waals surface area contributed by atoms with E-state index in [0.717, 1.165) is 5.82 Å². The minimum atomic E-state index is -0.263. The molecule has 0 fully saturated rings. The molecule has 1 amide bonds. The Morgan fingerprint density at radius 2 is 2.19 bits per heavy atom. The number of rotatable bonds is 5. The highest BCUT2D eigenvalue weighted by molar-refractivity contribution is 6.34. The third kappa shape index (κ3) is 2.92. The Hall–Kier alpha value is -1.89. The number of hydrogen-bond donors (Lipinski definition) is 1. The molecule has 7 nitrogen and oxygen atoms in total. The van der Waals surface area contributed by atoms with Gasteiger partial charge in [-0.25, -0.2) is 9.67 Å². The van der Waals surface area contributed by atoms with Crippen molar-refractivity contribution in [2.24, 2.45) is 7.05 Å². The first kappa shape index (κ1) is 15.5. The Morgan fingerprint density at radius 1 is 1.48 bits per heavy atom. The molecular formula is C13H19ClN6O. The predicted octanol–water partition coefficient (Wildman–Crippen LogP) is 1.87. The Kier molecular flexibility index (Phi) is 4.62. The van der Waals surface area contributed by atoms with Gasteiger partial charge >= 0.3 is 0 Å². The average Bonchev–Trinajstić information content (AvgIpc) is 3.01. The molecule has 0 spiro atoms. The van der Waals surface area contributed by atoms with Crippen LogP contribution in [0.25, 0.3) is 0 Å². The molecule has 0 saturated heterocycles. The van der Waals surface area contributed by atoms with Gasteiger partial charge in [-0.1, -0.05) is 18.5 Å². The van der Waals surface area contributed by atoms with Gasteiger partial charge in [0.15, 0.2) is 0 Å². The van der Waals surface area contributed by atoms with Gasteiger partial charge in [0.05, 0.1) is 16.8 Å². The van der Waals surface area contributed by atoms with Crippen molar-refractivity contribution in [2.45, 2.75) is 39.8 Å². The van der Waals surface area contributed by atoms with Gasteiger partial charge in [-0.15, -0.1) is 0 Å². The van der Waals surface area contributed by atoms with E-state index in [1.54, 1.807) is 18.7 Å². The first-order valence-corrected chi connectivity index (χ1v) is 7.25. The molecule has 2 heterocycles. The zero-order valence-corrected chi connectivity index (χ0v) is 13.3. The van der Waals surface area contributed by atoms with Crippen molar-refractivity contribution >= 4 is 17.5 Å². The van der Waals surface area contributed by atoms with Gasteiger partial charge in [0.1, 0.15) is 17.8 Å². The molecule has 0 saturated carbocycles. The molecule has 0 bridgehead atoms. The molecule has 2 aromatic rings. The van der Waals surface area contributed by atoms with Crippen molar-refractivity contribution in [3.63, 3.8) is 0 Å². The van der Waals surface area contributed by atoms with E-state index in [2.05, 4.69) is 20.5 Å². The fourth-order valence-electron chi connectivity index (χ4n) is 2.24. The third-order valence-electron chi connectivity index (χ3n) is 3.33. The summed E-state index contributed by atoms with van der Waals surface area (Å²) >= 11 is 6.14. The van der Waals surface area contributed by atoms with Crippen LogP contribution in [0.3, 0.4) is 0 Å². The van der Waals surface area contributed by atoms with Crippen LogP contribution in [0, 0.1) is 6.92 Å². The van der Waals surface area contributed by atoms with Crippen LogP contribution in [0.15, 0.2) is 6.33 Å². The number of carbonyl (C=O) groups excluding carboxylic acids is 1. The van der Waals surface area contributed by atoms with Gasteiger partial charge in [-0.3, -0.25) is 9.48 Å². The summed E-state index contributed by atoms with van der Waals surface area (Å²) in [6, 6.07) is -0.216. The summed E-state index contributed by atoms with van der Waals surface area (Å²) in [7, 11) is 1.70. The summed E-state index contributed by atoms with van der Waals surface area (Å²) in [6.45, 7) is 6.43. The lowest BCUT2D eigenvalue weighted by molar-refractivity contribution is 0.0923. The molecule has 2 rings (SSSR count). The number of nitrogens with one attached hydrogen (secondary N) is 1. The minimum Gasteiger partial charge on any atom is -0.341 e. The Morgan fingerprint density at radius 3 is 2.71 bits per heavy atom. The zero-order chi connectivity index (χ0) is 15.6. The maximum atomic E-state index is 12.4. The maximum Gasteiger partial charge on any atom is 0.271 e. The van der Waals surface area contributed by atoms with Crippen LogP contribution in [0.1, 0.15) is 48.3 Å². The molecule has 0 aromatic carbocycles. The van der Waals surface area contributed by atoms with Crippen molar-refractivity contribution in [3.05, 3.63) is 28.6 Å². The highest BCUT2D eigenvalue weighted by Gasteiger charge is 2.23. The molecule has 0 aliphatic heterocycles. The van der Waals surface area contributed by atoms with Crippen molar-refractivity contribution in [1.29, 1.82) is 0 Å². The van der Waals surface area contributed by atoms with Gasteiger partial charge in [0.25, 0.3) is 5.91 Å². The average molecular weight is 311 g/mol. The van der Waals surface area contributed by atoms with Crippen molar-refractivity contribution < 1.29 is 4.79 Å². The van der Waals surface area contributed by atoms with Gasteiger partial charge < -0.3 is 5.32 Å². The molecule has 1 atom stereocenters. The molecule has 0 unspecified atom stereocenters. The normalized spacial score (nSPS) is 12.4. The van der Waals surface area contributed by atoms with Gasteiger partial charge in [-0.05, 0) is 20.3 Å². The quantitative estimate of drug-likeness (QED) is 0.914. The molecule has 114 valence electrons. The summed E-state index contributed by atoms with van der Waals surface area (Å²) in [5.41, 5.74) is 0.990. The molecule has 21 heavy (non-hydrogen) atoms. The van der Waals surface area contributed by atoms with Crippen LogP contribution >= 0.6 is 11.6 Å². The lowest BCUT2D eigenvalue weighted by Gasteiger charge is -2.17. The van der Waals surface area contributed by atoms with Crippen LogP contribution in [0.4, 0.5) is 0 Å². The van der Waals surface area contributed by atoms with Crippen LogP contribution in [-0.4, -0.2) is 30.5 Å². The number of halogens is 1. The highest BCUT2D eigenvalue weighted by Crippen LogP contribution is 2.21. The van der Waals surface area contributed by atoms with Crippen LogP contribution in [0.2, 0.25) is 5.02 Å². The second-order valence-electron chi connectivity index (χ2n) is 4.74. The van der Waals surface area contributed by atoms with Gasteiger partial charge in [-0.2, -0.15) is 10.2 Å². The summed E-state index contributed by atoms with van der Waals surface area (Å²) in [6.07, 6.45) is 2.20. The second-order valence-corrected chi connectivity index (χ2v) is 5.12. The third-order valence-corrected chi connectivity index (χ3v) is 3.79. The van der Waals surface area contributed by atoms with E-state index in [1.807, 2.05) is 13.8 Å². The monoisotopic (exact) mass is 310 g/mol. The second kappa shape index (κ2) is 6.26. The number of nitrogens with zero attached hydrogens (tertiary/aromatic N) is 5. The fourth-order valence-corrected chi connectivity index (χ4v) is 2.49. The number of aryl methyl sites for hydroxylation is 3. The number of amides is 1. The SMILES string of the molecule is CC[C@@H](NC(=O)c1c(Cl)c(C)nn1C)c1ncnn1CC. The predicted molar refractivity (Wildman–Crippen MR) is 79.1 cm³/mol. The molecule has 8 heteroatoms. The topological polar surface area (TPSA) is 77.6 Å². The maximum absolute atomic E-state index is 12.4. The van der Waals surface area contributed by atoms with E-state index >= 15 is 0 Å². The van der Waals surface area contributed by atoms with E-state index in [-0.39, 0.29) is 11.9 Å². The molecule has 0 aliphatic carbocycles. The first-order valence-electron chi connectivity index (χ1n) is 6.87. The summed E-state index contributed by atoms with van der Waals surface area (Å²) in [5.74, 6) is 0.476. The Balaban J connectivity index is 2.25. The van der Waals surface area contributed by atoms with Crippen LogP contribution in [-0.2, 0) is 13.6 Å². The zero-order valence-electron chi connectivity index (χ0n) is 12.6.